The van der Waals surface area contributed by atoms with Gasteiger partial charge in [-0.05, 0) is 77.7 Å². The lowest BCUT2D eigenvalue weighted by Gasteiger charge is -2.39. The monoisotopic (exact) mass is 642 g/mol. The van der Waals surface area contributed by atoms with Crippen molar-refractivity contribution in [1.29, 1.82) is 0 Å². The average Bonchev–Trinajstić information content (AvgIpc) is 2.82. The predicted molar refractivity (Wildman–Crippen MR) is 151 cm³/mol. The summed E-state index contributed by atoms with van der Waals surface area (Å²) in [5.74, 6) is -1.79. The highest BCUT2D eigenvalue weighted by atomic mass is 127. The molecule has 38 heavy (non-hydrogen) atoms. The molecule has 1 aliphatic rings. The van der Waals surface area contributed by atoms with Crippen LogP contribution in [0.4, 0.5) is 8.78 Å². The van der Waals surface area contributed by atoms with E-state index >= 15 is 0 Å². The van der Waals surface area contributed by atoms with Gasteiger partial charge in [0.1, 0.15) is 11.6 Å². The van der Waals surface area contributed by atoms with Gasteiger partial charge in [-0.3, -0.25) is 14.5 Å². The van der Waals surface area contributed by atoms with Crippen molar-refractivity contribution in [2.24, 2.45) is 0 Å². The third-order valence-electron chi connectivity index (χ3n) is 6.61. The summed E-state index contributed by atoms with van der Waals surface area (Å²) < 4.78 is 28.7. The zero-order valence-corrected chi connectivity index (χ0v) is 24.1. The quantitative estimate of drug-likeness (QED) is 0.293. The van der Waals surface area contributed by atoms with E-state index in [0.29, 0.717) is 25.2 Å². The van der Waals surface area contributed by atoms with Crippen molar-refractivity contribution < 1.29 is 23.5 Å². The minimum Gasteiger partial charge on any atom is -0.390 e. The molecule has 0 radical (unpaired) electrons. The van der Waals surface area contributed by atoms with Gasteiger partial charge < -0.3 is 20.6 Å². The molecule has 1 aliphatic heterocycles. The number of hydrogen-bond donors (Lipinski definition) is 3. The van der Waals surface area contributed by atoms with E-state index in [2.05, 4.69) is 40.1 Å². The summed E-state index contributed by atoms with van der Waals surface area (Å²) >= 11 is 2.23. The van der Waals surface area contributed by atoms with Crippen LogP contribution in [-0.2, 0) is 22.6 Å². The first-order valence-corrected chi connectivity index (χ1v) is 14.1. The van der Waals surface area contributed by atoms with Gasteiger partial charge in [0.25, 0.3) is 0 Å². The Kier molecular flexibility index (Phi) is 11.9. The summed E-state index contributed by atoms with van der Waals surface area (Å²) in [6.45, 7) is 6.17. The van der Waals surface area contributed by atoms with Crippen molar-refractivity contribution in [2.45, 2.75) is 57.8 Å². The fourth-order valence-electron chi connectivity index (χ4n) is 4.73. The molecular formula is C28H37F2IN4O3. The zero-order chi connectivity index (χ0) is 27.7. The van der Waals surface area contributed by atoms with Gasteiger partial charge in [0.05, 0.1) is 25.2 Å². The van der Waals surface area contributed by atoms with Crippen LogP contribution in [0.25, 0.3) is 0 Å². The normalized spacial score (nSPS) is 17.9. The van der Waals surface area contributed by atoms with Crippen molar-refractivity contribution in [3.05, 3.63) is 68.8 Å². The molecule has 3 N–H and O–H groups in total. The predicted octanol–water partition coefficient (Wildman–Crippen LogP) is 3.08. The Balaban J connectivity index is 1.62. The molecule has 3 atom stereocenters. The van der Waals surface area contributed by atoms with Gasteiger partial charge >= 0.3 is 0 Å². The molecule has 208 valence electrons. The maximum atomic E-state index is 13.8. The number of aliphatic hydroxyl groups excluding tert-OH is 1. The molecule has 0 aromatic heterocycles. The maximum Gasteiger partial charge on any atom is 0.237 e. The number of nitrogens with zero attached hydrogens (tertiary/aromatic N) is 2. The topological polar surface area (TPSA) is 84.9 Å². The van der Waals surface area contributed by atoms with Gasteiger partial charge in [0.15, 0.2) is 0 Å². The van der Waals surface area contributed by atoms with Crippen LogP contribution in [-0.4, -0.2) is 77.6 Å². The van der Waals surface area contributed by atoms with E-state index in [1.165, 1.54) is 12.1 Å². The van der Waals surface area contributed by atoms with E-state index in [4.69, 9.17) is 0 Å². The van der Waals surface area contributed by atoms with Crippen LogP contribution in [0.15, 0.2) is 42.5 Å². The van der Waals surface area contributed by atoms with Crippen LogP contribution in [0.5, 0.6) is 0 Å². The lowest BCUT2D eigenvalue weighted by atomic mass is 10.0. The summed E-state index contributed by atoms with van der Waals surface area (Å²) in [6, 6.07) is 10.3. The van der Waals surface area contributed by atoms with Gasteiger partial charge in [0, 0.05) is 41.9 Å². The van der Waals surface area contributed by atoms with E-state index in [0.717, 1.165) is 28.0 Å². The standard InChI is InChI=1S/C28H37F2IN4O3/c1-3-4-8-35-19(2)16-34(18-28(35)38)17-27(37)33-25(12-21-9-22(29)13-23(30)10-21)26(36)15-32-14-20-6-5-7-24(31)11-20/h5-7,9-11,13,19,25-26,32,36H,3-4,8,12,14-18H2,1-2H3,(H,33,37)/t19-,25+,26-/m1/s1. The number of benzene rings is 2. The second-order valence-corrected chi connectivity index (χ2v) is 11.2. The Hall–Kier alpha value is -2.15. The largest absolute Gasteiger partial charge is 0.390 e. The molecule has 1 saturated heterocycles. The summed E-state index contributed by atoms with van der Waals surface area (Å²) in [6.07, 6.45) is 0.974. The molecule has 2 aromatic carbocycles. The number of hydrogen-bond acceptors (Lipinski definition) is 5. The van der Waals surface area contributed by atoms with Gasteiger partial charge in [-0.2, -0.15) is 0 Å². The Morgan fingerprint density at radius 1 is 1.18 bits per heavy atom. The number of rotatable bonds is 13. The van der Waals surface area contributed by atoms with Crippen LogP contribution < -0.4 is 10.6 Å². The molecule has 0 bridgehead atoms. The number of unbranched alkanes of at least 4 members (excludes halogenated alkanes) is 1. The lowest BCUT2D eigenvalue weighted by Crippen LogP contribution is -2.58. The Labute approximate surface area is 237 Å². The maximum absolute atomic E-state index is 13.8. The van der Waals surface area contributed by atoms with Crippen molar-refractivity contribution in [2.75, 3.05) is 32.7 Å². The van der Waals surface area contributed by atoms with Gasteiger partial charge in [-0.1, -0.05) is 25.5 Å². The van der Waals surface area contributed by atoms with Crippen LogP contribution in [0.2, 0.25) is 0 Å². The summed E-state index contributed by atoms with van der Waals surface area (Å²) in [5, 5.41) is 17.0. The third kappa shape index (κ3) is 9.55. The first-order valence-electron chi connectivity index (χ1n) is 13.0. The van der Waals surface area contributed by atoms with E-state index in [9.17, 15) is 23.5 Å². The van der Waals surface area contributed by atoms with E-state index in [1.807, 2.05) is 36.1 Å². The van der Waals surface area contributed by atoms with Crippen LogP contribution in [0.1, 0.15) is 37.8 Å². The number of halogens is 3. The van der Waals surface area contributed by atoms with Gasteiger partial charge in [0.2, 0.25) is 11.8 Å². The summed E-state index contributed by atoms with van der Waals surface area (Å²) in [7, 11) is 0. The lowest BCUT2D eigenvalue weighted by molar-refractivity contribution is -0.140. The first kappa shape index (κ1) is 30.4. The molecule has 7 nitrogen and oxygen atoms in total. The Bertz CT molecular complexity index is 1070. The molecular weight excluding hydrogens is 605 g/mol. The molecule has 2 amide bonds. The van der Waals surface area contributed by atoms with E-state index in [-0.39, 0.29) is 43.9 Å². The highest BCUT2D eigenvalue weighted by Gasteiger charge is 2.31. The molecule has 1 heterocycles. The Morgan fingerprint density at radius 3 is 2.58 bits per heavy atom. The summed E-state index contributed by atoms with van der Waals surface area (Å²) in [4.78, 5) is 29.3. The Morgan fingerprint density at radius 2 is 1.92 bits per heavy atom. The van der Waals surface area contributed by atoms with Crippen molar-refractivity contribution in [3.8, 4) is 0 Å². The van der Waals surface area contributed by atoms with Crippen molar-refractivity contribution in [3.63, 3.8) is 0 Å². The molecule has 0 unspecified atom stereocenters. The molecule has 0 spiro atoms. The second-order valence-electron chi connectivity index (χ2n) is 9.94. The molecule has 2 aromatic rings. The van der Waals surface area contributed by atoms with Gasteiger partial charge in [-0.25, -0.2) is 8.78 Å². The minimum absolute atomic E-state index is 0.00231. The molecule has 3 rings (SSSR count). The third-order valence-corrected chi connectivity index (χ3v) is 7.28. The fourth-order valence-corrected chi connectivity index (χ4v) is 5.34. The first-order chi connectivity index (χ1) is 18.1. The van der Waals surface area contributed by atoms with E-state index in [1.54, 1.807) is 4.90 Å². The summed E-state index contributed by atoms with van der Waals surface area (Å²) in [5.41, 5.74) is 1.38. The van der Waals surface area contributed by atoms with Crippen LogP contribution in [0.3, 0.4) is 0 Å². The fraction of sp³-hybridized carbons (Fsp3) is 0.500. The van der Waals surface area contributed by atoms with Crippen molar-refractivity contribution >= 4 is 34.4 Å². The molecule has 0 aliphatic carbocycles. The van der Waals surface area contributed by atoms with Crippen molar-refractivity contribution in [1.82, 2.24) is 20.4 Å². The second kappa shape index (κ2) is 14.9. The van der Waals surface area contributed by atoms with Crippen LogP contribution in [0, 0.1) is 15.2 Å². The van der Waals surface area contributed by atoms with Gasteiger partial charge in [-0.15, -0.1) is 0 Å². The minimum atomic E-state index is -1.01. The SMILES string of the molecule is CCCCN1C(=O)CN(CC(=O)N[C@@H](Cc2cc(F)cc(F)c2)[C@H](O)CNCc2cccc(I)c2)C[C@H]1C. The smallest absolute Gasteiger partial charge is 0.237 e. The highest BCUT2D eigenvalue weighted by Crippen LogP contribution is 2.14. The number of carbonyl (C=O) groups is 2. The van der Waals surface area contributed by atoms with Crippen LogP contribution >= 0.6 is 22.6 Å². The highest BCUT2D eigenvalue weighted by molar-refractivity contribution is 14.1. The van der Waals surface area contributed by atoms with E-state index < -0.39 is 23.8 Å². The number of carbonyl (C=O) groups excluding carboxylic acids is 2. The number of nitrogens with one attached hydrogen (secondary N) is 2. The number of amides is 2. The molecule has 10 heteroatoms. The number of aliphatic hydroxyl groups is 1. The molecule has 0 saturated carbocycles. The zero-order valence-electron chi connectivity index (χ0n) is 21.9. The average molecular weight is 643 g/mol. The number of piperazine rings is 1. The molecule has 1 fully saturated rings.